The van der Waals surface area contributed by atoms with E-state index in [-0.39, 0.29) is 31.6 Å². The summed E-state index contributed by atoms with van der Waals surface area (Å²) >= 11 is 12.0. The molecule has 0 saturated heterocycles. The third-order valence-corrected chi connectivity index (χ3v) is 5.42. The number of rotatable bonds is 7. The molecule has 1 amide bonds. The molecule has 3 atom stereocenters. The van der Waals surface area contributed by atoms with E-state index in [4.69, 9.17) is 33.0 Å². The van der Waals surface area contributed by atoms with Crippen LogP contribution in [0.3, 0.4) is 0 Å². The van der Waals surface area contributed by atoms with Crippen LogP contribution in [0, 0.1) is 0 Å². The van der Waals surface area contributed by atoms with Crippen molar-refractivity contribution in [2.75, 3.05) is 13.2 Å². The number of nitrogens with zero attached hydrogens (tertiary/aromatic N) is 1. The smallest absolute Gasteiger partial charge is 0.262 e. The van der Waals surface area contributed by atoms with Crippen LogP contribution in [-0.2, 0) is 21.7 Å². The van der Waals surface area contributed by atoms with E-state index in [2.05, 4.69) is 10.3 Å². The molecule has 3 N–H and O–H groups in total. The number of aliphatic hydroxyl groups excluding tert-OH is 2. The Kier molecular flexibility index (Phi) is 7.08. The number of ether oxygens (including phenoxy) is 1. The molecule has 9 heteroatoms. The first-order valence-electron chi connectivity index (χ1n) is 9.12. The molecule has 3 rings (SSSR count). The molecule has 29 heavy (non-hydrogen) atoms. The second-order valence-electron chi connectivity index (χ2n) is 6.85. The summed E-state index contributed by atoms with van der Waals surface area (Å²) in [4.78, 5) is 17.0. The Morgan fingerprint density at radius 2 is 2.21 bits per heavy atom. The molecule has 1 aromatic heterocycles. The molecule has 2 aromatic rings. The summed E-state index contributed by atoms with van der Waals surface area (Å²) < 4.78 is 21.4. The van der Waals surface area contributed by atoms with Crippen molar-refractivity contribution in [2.45, 2.75) is 37.3 Å². The first-order valence-corrected chi connectivity index (χ1v) is 9.88. The molecule has 1 unspecified atom stereocenters. The number of halogens is 3. The van der Waals surface area contributed by atoms with Gasteiger partial charge < -0.3 is 20.3 Å². The van der Waals surface area contributed by atoms with Gasteiger partial charge in [0.25, 0.3) is 5.91 Å². The molecule has 0 bridgehead atoms. The van der Waals surface area contributed by atoms with Crippen molar-refractivity contribution in [3.8, 4) is 0 Å². The van der Waals surface area contributed by atoms with Crippen LogP contribution >= 0.6 is 23.2 Å². The van der Waals surface area contributed by atoms with Gasteiger partial charge in [-0.05, 0) is 36.6 Å². The summed E-state index contributed by atoms with van der Waals surface area (Å²) in [6.45, 7) is -0.499. The summed E-state index contributed by atoms with van der Waals surface area (Å²) in [7, 11) is 0. The van der Waals surface area contributed by atoms with Crippen molar-refractivity contribution in [1.29, 1.82) is 0 Å². The lowest BCUT2D eigenvalue weighted by atomic mass is 9.80. The topological polar surface area (TPSA) is 91.7 Å². The summed E-state index contributed by atoms with van der Waals surface area (Å²) in [5.41, 5.74) is -1.20. The van der Waals surface area contributed by atoms with Gasteiger partial charge in [0.1, 0.15) is 12.2 Å². The van der Waals surface area contributed by atoms with Crippen LogP contribution in [-0.4, -0.2) is 40.4 Å². The number of carbonyl (C=O) groups excluding carboxylic acids is 1. The number of pyridine rings is 1. The first kappa shape index (κ1) is 21.9. The van der Waals surface area contributed by atoms with E-state index in [0.717, 1.165) is 0 Å². The number of alkyl halides is 1. The minimum absolute atomic E-state index is 0.0543. The fraction of sp³-hybridized carbons (Fsp3) is 0.400. The van der Waals surface area contributed by atoms with Gasteiger partial charge in [-0.3, -0.25) is 9.78 Å². The summed E-state index contributed by atoms with van der Waals surface area (Å²) in [6.07, 6.45) is -0.0182. The molecule has 0 spiro atoms. The van der Waals surface area contributed by atoms with E-state index < -0.39 is 30.4 Å². The zero-order chi connectivity index (χ0) is 21.0. The normalized spacial score (nSPS) is 22.0. The number of hydrogen-bond donors (Lipinski definition) is 3. The van der Waals surface area contributed by atoms with Crippen LogP contribution in [0.5, 0.6) is 0 Å². The Balaban J connectivity index is 1.76. The minimum Gasteiger partial charge on any atom is -0.394 e. The number of aliphatic hydroxyl groups is 2. The lowest BCUT2D eigenvalue weighted by Gasteiger charge is -2.34. The Bertz CT molecular complexity index is 885. The molecule has 0 fully saturated rings. The van der Waals surface area contributed by atoms with Crippen LogP contribution in [0.2, 0.25) is 10.0 Å². The average Bonchev–Trinajstić information content (AvgIpc) is 2.72. The van der Waals surface area contributed by atoms with E-state index in [1.807, 2.05) is 0 Å². The molecular weight excluding hydrogens is 422 g/mol. The van der Waals surface area contributed by atoms with Crippen LogP contribution < -0.4 is 5.32 Å². The highest BCUT2D eigenvalue weighted by molar-refractivity contribution is 6.35. The number of hydrogen-bond acceptors (Lipinski definition) is 5. The maximum absolute atomic E-state index is 15.8. The molecule has 0 radical (unpaired) electrons. The standard InChI is InChI=1S/C20H21Cl2FN2O4/c21-13-4-3-12(16(22)8-13)9-25-19(28)20(23)6-5-17(29-11-14(27)10-26)18-15(20)2-1-7-24-18/h1-4,7-8,14,17,26-27H,5-6,9-11H2,(H,25,28)/t14?,17-,20-/m0/s1. The Hall–Kier alpha value is -1.77. The van der Waals surface area contributed by atoms with Crippen molar-refractivity contribution in [1.82, 2.24) is 10.3 Å². The molecule has 1 aromatic carbocycles. The van der Waals surface area contributed by atoms with E-state index in [0.29, 0.717) is 21.3 Å². The molecule has 1 aliphatic carbocycles. The second-order valence-corrected chi connectivity index (χ2v) is 7.70. The summed E-state index contributed by atoms with van der Waals surface area (Å²) in [5, 5.41) is 21.9. The van der Waals surface area contributed by atoms with Gasteiger partial charge >= 0.3 is 0 Å². The van der Waals surface area contributed by atoms with Gasteiger partial charge in [0.2, 0.25) is 5.67 Å². The van der Waals surface area contributed by atoms with Crippen LogP contribution in [0.1, 0.15) is 35.8 Å². The molecule has 1 heterocycles. The SMILES string of the molecule is O=C(NCc1ccc(Cl)cc1Cl)[C@]1(F)CC[C@H](OCC(O)CO)c2ncccc21. The van der Waals surface area contributed by atoms with Crippen LogP contribution in [0.4, 0.5) is 4.39 Å². The van der Waals surface area contributed by atoms with E-state index in [9.17, 15) is 9.90 Å². The molecule has 6 nitrogen and oxygen atoms in total. The lowest BCUT2D eigenvalue weighted by molar-refractivity contribution is -0.136. The van der Waals surface area contributed by atoms with Crippen molar-refractivity contribution < 1.29 is 24.1 Å². The maximum atomic E-state index is 15.8. The molecule has 0 saturated carbocycles. The second kappa shape index (κ2) is 9.36. The Morgan fingerprint density at radius 1 is 1.41 bits per heavy atom. The number of carbonyl (C=O) groups is 1. The Morgan fingerprint density at radius 3 is 2.93 bits per heavy atom. The molecule has 0 aliphatic heterocycles. The van der Waals surface area contributed by atoms with E-state index in [1.54, 1.807) is 24.3 Å². The highest BCUT2D eigenvalue weighted by atomic mass is 35.5. The molecular formula is C20H21Cl2FN2O4. The van der Waals surface area contributed by atoms with Crippen LogP contribution in [0.25, 0.3) is 0 Å². The molecule has 156 valence electrons. The maximum Gasteiger partial charge on any atom is 0.262 e. The minimum atomic E-state index is -2.27. The van der Waals surface area contributed by atoms with Crippen molar-refractivity contribution >= 4 is 29.1 Å². The van der Waals surface area contributed by atoms with Gasteiger partial charge in [-0.2, -0.15) is 0 Å². The van der Waals surface area contributed by atoms with E-state index >= 15 is 4.39 Å². The van der Waals surface area contributed by atoms with Gasteiger partial charge in [0, 0.05) is 28.4 Å². The number of fused-ring (bicyclic) bond motifs is 1. The number of benzene rings is 1. The van der Waals surface area contributed by atoms with Crippen molar-refractivity contribution in [3.63, 3.8) is 0 Å². The van der Waals surface area contributed by atoms with Gasteiger partial charge in [0.15, 0.2) is 0 Å². The van der Waals surface area contributed by atoms with Crippen molar-refractivity contribution in [3.05, 3.63) is 63.4 Å². The average molecular weight is 443 g/mol. The Labute approximate surface area is 177 Å². The monoisotopic (exact) mass is 442 g/mol. The zero-order valence-electron chi connectivity index (χ0n) is 15.4. The number of amides is 1. The highest BCUT2D eigenvalue weighted by Crippen LogP contribution is 2.43. The highest BCUT2D eigenvalue weighted by Gasteiger charge is 2.47. The summed E-state index contributed by atoms with van der Waals surface area (Å²) in [5.74, 6) is -0.786. The fourth-order valence-electron chi connectivity index (χ4n) is 3.27. The fourth-order valence-corrected chi connectivity index (χ4v) is 3.74. The van der Waals surface area contributed by atoms with Crippen LogP contribution in [0.15, 0.2) is 36.5 Å². The predicted octanol–water partition coefficient (Wildman–Crippen LogP) is 3.07. The predicted molar refractivity (Wildman–Crippen MR) is 106 cm³/mol. The van der Waals surface area contributed by atoms with Gasteiger partial charge in [-0.25, -0.2) is 4.39 Å². The number of nitrogens with one attached hydrogen (secondary N) is 1. The number of aromatic nitrogens is 1. The lowest BCUT2D eigenvalue weighted by Crippen LogP contribution is -2.44. The van der Waals surface area contributed by atoms with Gasteiger partial charge in [-0.1, -0.05) is 35.3 Å². The first-order chi connectivity index (χ1) is 13.8. The zero-order valence-corrected chi connectivity index (χ0v) is 17.0. The molecule has 1 aliphatic rings. The van der Waals surface area contributed by atoms with E-state index in [1.165, 1.54) is 12.3 Å². The summed E-state index contributed by atoms with van der Waals surface area (Å²) in [6, 6.07) is 7.93. The quantitative estimate of drug-likeness (QED) is 0.612. The van der Waals surface area contributed by atoms with Gasteiger partial charge in [0.05, 0.1) is 18.9 Å². The van der Waals surface area contributed by atoms with Gasteiger partial charge in [-0.15, -0.1) is 0 Å². The van der Waals surface area contributed by atoms with Crippen molar-refractivity contribution in [2.24, 2.45) is 0 Å². The largest absolute Gasteiger partial charge is 0.394 e. The third kappa shape index (κ3) is 4.87. The third-order valence-electron chi connectivity index (χ3n) is 4.84.